The molecule has 0 spiro atoms. The minimum Gasteiger partial charge on any atom is -0.493 e. The molecule has 5 heterocycles. The summed E-state index contributed by atoms with van der Waals surface area (Å²) in [7, 11) is 3.19. The zero-order valence-electron chi connectivity index (χ0n) is 37.7. The number of nitrogens with two attached hydrogens (primary N) is 1. The molecule has 67 heavy (non-hydrogen) atoms. The Morgan fingerprint density at radius 2 is 1.70 bits per heavy atom. The van der Waals surface area contributed by atoms with Crippen molar-refractivity contribution in [1.82, 2.24) is 35.3 Å². The molecule has 3 unspecified atom stereocenters. The fraction of sp³-hybridized carbons (Fsp3) is 0.468. The van der Waals surface area contributed by atoms with Gasteiger partial charge in [0.05, 0.1) is 48.0 Å². The Bertz CT molecular complexity index is 2660. The number of imide groups is 2. The number of piperidine rings is 1. The molecule has 1 saturated carbocycles. The van der Waals surface area contributed by atoms with Gasteiger partial charge in [-0.25, -0.2) is 9.97 Å². The van der Waals surface area contributed by atoms with E-state index in [1.54, 1.807) is 45.2 Å². The zero-order valence-corrected chi connectivity index (χ0v) is 37.7. The Kier molecular flexibility index (Phi) is 12.0. The van der Waals surface area contributed by atoms with Crippen LogP contribution < -0.4 is 36.1 Å². The van der Waals surface area contributed by atoms with E-state index >= 15 is 0 Å². The standard InChI is InChI=1S/C47H53F3N10O7/c1-25(27-15-28(47(48,49)50)17-29(51)16-27)53-41-34-19-39(38(66-4)20-35(34)54-26(2)55-41)67-24-46(9-10-46)21-37(42(62)52-3)58-13-11-57(12-14-58)31-22-59(23-31)30-5-6-32-33(18-30)45(65)60(44(32)64)36-7-8-40(61)56-43(36)63/h5-6,15-20,25,31,36-37H,7-14,21-24,51H2,1-4H3,(H,52,62)(H,53,54,55)(H,56,61,63). The number of hydrogen-bond acceptors (Lipinski definition) is 14. The number of fused-ring (bicyclic) bond motifs is 2. The number of alkyl halides is 3. The predicted molar refractivity (Wildman–Crippen MR) is 241 cm³/mol. The first-order valence-corrected chi connectivity index (χ1v) is 22.5. The van der Waals surface area contributed by atoms with E-state index in [1.165, 1.54) is 13.2 Å². The highest BCUT2D eigenvalue weighted by Crippen LogP contribution is 2.51. The Morgan fingerprint density at radius 3 is 2.37 bits per heavy atom. The van der Waals surface area contributed by atoms with Gasteiger partial charge in [0.1, 0.15) is 17.7 Å². The van der Waals surface area contributed by atoms with Crippen LogP contribution in [0.2, 0.25) is 0 Å². The van der Waals surface area contributed by atoms with Crippen LogP contribution in [0.4, 0.5) is 30.4 Å². The molecule has 9 rings (SSSR count). The maximum Gasteiger partial charge on any atom is 0.416 e. The predicted octanol–water partition coefficient (Wildman–Crippen LogP) is 4.29. The van der Waals surface area contributed by atoms with Crippen molar-refractivity contribution in [3.05, 3.63) is 76.6 Å². The van der Waals surface area contributed by atoms with Crippen molar-refractivity contribution >= 4 is 57.6 Å². The molecule has 1 aromatic heterocycles. The number of carbonyl (C=O) groups excluding carboxylic acids is 5. The lowest BCUT2D eigenvalue weighted by Gasteiger charge is -2.50. The van der Waals surface area contributed by atoms with E-state index in [0.29, 0.717) is 65.7 Å². The number of amides is 5. The number of nitrogens with zero attached hydrogens (tertiary/aromatic N) is 6. The van der Waals surface area contributed by atoms with Gasteiger partial charge in [-0.15, -0.1) is 0 Å². The van der Waals surface area contributed by atoms with Gasteiger partial charge in [0.2, 0.25) is 17.7 Å². The maximum atomic E-state index is 13.6. The zero-order chi connectivity index (χ0) is 47.5. The topological polar surface area (TPSA) is 205 Å². The molecule has 3 saturated heterocycles. The van der Waals surface area contributed by atoms with E-state index in [-0.39, 0.29) is 53.1 Å². The molecule has 17 nitrogen and oxygen atoms in total. The molecule has 3 aromatic carbocycles. The molecule has 4 aliphatic heterocycles. The van der Waals surface area contributed by atoms with E-state index in [0.717, 1.165) is 61.7 Å². The molecule has 1 aliphatic carbocycles. The van der Waals surface area contributed by atoms with Gasteiger partial charge in [0.15, 0.2) is 11.5 Å². The number of nitrogens with one attached hydrogen (secondary N) is 3. The Morgan fingerprint density at radius 1 is 0.970 bits per heavy atom. The van der Waals surface area contributed by atoms with Crippen molar-refractivity contribution in [3.8, 4) is 11.5 Å². The van der Waals surface area contributed by atoms with Gasteiger partial charge in [0.25, 0.3) is 11.8 Å². The molecule has 4 fully saturated rings. The molecule has 354 valence electrons. The molecule has 0 radical (unpaired) electrons. The first kappa shape index (κ1) is 45.6. The molecule has 20 heteroatoms. The third kappa shape index (κ3) is 9.03. The quantitative estimate of drug-likeness (QED) is 0.103. The van der Waals surface area contributed by atoms with Crippen LogP contribution in [-0.4, -0.2) is 132 Å². The lowest BCUT2D eigenvalue weighted by molar-refractivity contribution is -0.138. The average molecular weight is 927 g/mol. The molecule has 5 aliphatic rings. The summed E-state index contributed by atoms with van der Waals surface area (Å²) in [4.78, 5) is 81.3. The van der Waals surface area contributed by atoms with Gasteiger partial charge >= 0.3 is 6.18 Å². The largest absolute Gasteiger partial charge is 0.493 e. The summed E-state index contributed by atoms with van der Waals surface area (Å²) in [5, 5.41) is 8.96. The second-order valence-corrected chi connectivity index (χ2v) is 18.3. The van der Waals surface area contributed by atoms with Crippen LogP contribution in [0.15, 0.2) is 48.5 Å². The Balaban J connectivity index is 0.819. The van der Waals surface area contributed by atoms with Crippen LogP contribution in [0.1, 0.15) is 82.7 Å². The summed E-state index contributed by atoms with van der Waals surface area (Å²) in [6.45, 7) is 8.14. The molecule has 5 N–H and O–H groups in total. The number of rotatable bonds is 14. The fourth-order valence-electron chi connectivity index (χ4n) is 9.76. The number of halogens is 3. The maximum absolute atomic E-state index is 13.6. The highest BCUT2D eigenvalue weighted by atomic mass is 19.4. The summed E-state index contributed by atoms with van der Waals surface area (Å²) in [5.74, 6) is -0.429. The number of aryl methyl sites for hydroxylation is 1. The third-order valence-electron chi connectivity index (χ3n) is 13.9. The smallest absolute Gasteiger partial charge is 0.416 e. The number of nitrogen functional groups attached to an aromatic ring is 1. The first-order valence-electron chi connectivity index (χ1n) is 22.5. The van der Waals surface area contributed by atoms with Crippen LogP contribution in [0.5, 0.6) is 11.5 Å². The van der Waals surface area contributed by atoms with E-state index in [4.69, 9.17) is 15.2 Å². The molecule has 4 aromatic rings. The summed E-state index contributed by atoms with van der Waals surface area (Å²) in [5.41, 5.74) is 6.98. The highest BCUT2D eigenvalue weighted by molar-refractivity contribution is 6.23. The van der Waals surface area contributed by atoms with Crippen LogP contribution in [-0.2, 0) is 20.6 Å². The van der Waals surface area contributed by atoms with Crippen molar-refractivity contribution in [3.63, 3.8) is 0 Å². The molecular weight excluding hydrogens is 874 g/mol. The first-order chi connectivity index (χ1) is 31.9. The number of aromatic nitrogens is 2. The number of carbonyl (C=O) groups is 5. The normalized spacial score (nSPS) is 20.9. The van der Waals surface area contributed by atoms with E-state index in [1.807, 2.05) is 6.07 Å². The number of benzene rings is 3. The summed E-state index contributed by atoms with van der Waals surface area (Å²) in [6.07, 6.45) is -2.07. The van der Waals surface area contributed by atoms with Gasteiger partial charge in [-0.1, -0.05) is 0 Å². The van der Waals surface area contributed by atoms with Gasteiger partial charge in [-0.3, -0.25) is 44.0 Å². The van der Waals surface area contributed by atoms with Crippen molar-refractivity contribution in [2.45, 2.75) is 76.3 Å². The fourth-order valence-corrected chi connectivity index (χ4v) is 9.76. The SMILES string of the molecule is CNC(=O)C(CC1(COc2cc3c(NC(C)c4cc(N)cc(C(F)(F)F)c4)nc(C)nc3cc2OC)CC1)N1CCN(C2CN(c3ccc4c(c3)C(=O)N(C3CCC(=O)NC3=O)C4=O)C2)CC1. The lowest BCUT2D eigenvalue weighted by Crippen LogP contribution is -2.64. The van der Waals surface area contributed by atoms with Gasteiger partial charge in [0, 0.05) is 87.0 Å². The van der Waals surface area contributed by atoms with Crippen LogP contribution >= 0.6 is 0 Å². The number of hydrogen-bond donors (Lipinski definition) is 4. The molecule has 0 bridgehead atoms. The van der Waals surface area contributed by atoms with E-state index < -0.39 is 47.5 Å². The van der Waals surface area contributed by atoms with E-state index in [2.05, 4.69) is 40.6 Å². The summed E-state index contributed by atoms with van der Waals surface area (Å²) >= 11 is 0. The highest BCUT2D eigenvalue weighted by Gasteiger charge is 2.49. The van der Waals surface area contributed by atoms with E-state index in [9.17, 15) is 37.1 Å². The van der Waals surface area contributed by atoms with Crippen molar-refractivity contribution in [2.75, 3.05) is 76.0 Å². The van der Waals surface area contributed by atoms with Crippen molar-refractivity contribution in [2.24, 2.45) is 5.41 Å². The average Bonchev–Trinajstić information content (AvgIpc) is 4.01. The minimum absolute atomic E-state index is 0.00179. The number of ether oxygens (including phenoxy) is 2. The Labute approximate surface area is 384 Å². The van der Waals surface area contributed by atoms with Gasteiger partial charge in [-0.2, -0.15) is 13.2 Å². The second kappa shape index (κ2) is 17.6. The second-order valence-electron chi connectivity index (χ2n) is 18.3. The number of methoxy groups -OCH3 is 1. The third-order valence-corrected chi connectivity index (χ3v) is 13.9. The van der Waals surface area contributed by atoms with Gasteiger partial charge < -0.3 is 30.7 Å². The van der Waals surface area contributed by atoms with Crippen LogP contribution in [0.25, 0.3) is 10.9 Å². The number of piperazine rings is 1. The minimum atomic E-state index is -4.56. The molecular formula is C47H53F3N10O7. The number of likely N-dealkylation sites (N-methyl/N-ethyl adjacent to an activating group) is 1. The van der Waals surface area contributed by atoms with Crippen molar-refractivity contribution < 1.29 is 46.6 Å². The molecule has 5 amide bonds. The Hall–Kier alpha value is -6.54. The number of anilines is 3. The van der Waals surface area contributed by atoms with Gasteiger partial charge in [-0.05, 0) is 87.6 Å². The lowest BCUT2D eigenvalue weighted by atomic mass is 9.95. The monoisotopic (exact) mass is 926 g/mol. The molecule has 3 atom stereocenters. The summed E-state index contributed by atoms with van der Waals surface area (Å²) < 4.78 is 53.2. The van der Waals surface area contributed by atoms with Crippen LogP contribution in [0.3, 0.4) is 0 Å². The van der Waals surface area contributed by atoms with Crippen LogP contribution in [0, 0.1) is 12.3 Å². The summed E-state index contributed by atoms with van der Waals surface area (Å²) in [6, 6.07) is 10.4. The van der Waals surface area contributed by atoms with Crippen molar-refractivity contribution in [1.29, 1.82) is 0 Å².